The number of hydrogen-bond donors (Lipinski definition) is 1. The van der Waals surface area contributed by atoms with Gasteiger partial charge in [0.1, 0.15) is 12.4 Å². The zero-order valence-corrected chi connectivity index (χ0v) is 11.1. The molecule has 0 radical (unpaired) electrons. The lowest BCUT2D eigenvalue weighted by atomic mass is 10.2. The summed E-state index contributed by atoms with van der Waals surface area (Å²) in [4.78, 5) is 0. The van der Waals surface area contributed by atoms with Crippen molar-refractivity contribution in [3.8, 4) is 5.75 Å². The highest BCUT2D eigenvalue weighted by Gasteiger charge is 2.03. The average Bonchev–Trinajstić information content (AvgIpc) is 2.39. The quantitative estimate of drug-likeness (QED) is 0.916. The first-order chi connectivity index (χ1) is 8.69. The maximum Gasteiger partial charge on any atom is 0.138 e. The van der Waals surface area contributed by atoms with Crippen molar-refractivity contribution in [1.29, 1.82) is 0 Å². The Morgan fingerprint density at radius 2 is 1.61 bits per heavy atom. The summed E-state index contributed by atoms with van der Waals surface area (Å²) in [6.07, 6.45) is 0. The minimum atomic E-state index is -0.0306. The van der Waals surface area contributed by atoms with E-state index in [2.05, 4.69) is 0 Å². The van der Waals surface area contributed by atoms with Crippen LogP contribution in [0.5, 0.6) is 5.75 Å². The van der Waals surface area contributed by atoms with E-state index < -0.39 is 0 Å². The summed E-state index contributed by atoms with van der Waals surface area (Å²) in [5, 5.41) is 10.2. The van der Waals surface area contributed by atoms with Crippen LogP contribution in [0.1, 0.15) is 11.1 Å². The molecule has 2 aromatic carbocycles. The van der Waals surface area contributed by atoms with Crippen molar-refractivity contribution in [2.24, 2.45) is 0 Å². The fourth-order valence-corrected chi connectivity index (χ4v) is 1.89. The lowest BCUT2D eigenvalue weighted by Crippen LogP contribution is -1.96. The predicted octanol–water partition coefficient (Wildman–Crippen LogP) is 4.06. The molecular formula is C14H12Cl2O2. The van der Waals surface area contributed by atoms with Crippen molar-refractivity contribution < 1.29 is 9.84 Å². The SMILES string of the molecule is OCc1ccc(OCc2ccc(Cl)cc2)c(Cl)c1. The summed E-state index contributed by atoms with van der Waals surface area (Å²) >= 11 is 11.8. The van der Waals surface area contributed by atoms with Gasteiger partial charge in [-0.3, -0.25) is 0 Å². The van der Waals surface area contributed by atoms with E-state index >= 15 is 0 Å². The Balaban J connectivity index is 2.04. The molecule has 0 aliphatic carbocycles. The Morgan fingerprint density at radius 3 is 2.22 bits per heavy atom. The molecule has 4 heteroatoms. The normalized spacial score (nSPS) is 10.4. The van der Waals surface area contributed by atoms with Gasteiger partial charge in [0.15, 0.2) is 0 Å². The molecule has 0 aliphatic rings. The minimum absolute atomic E-state index is 0.0306. The highest BCUT2D eigenvalue weighted by molar-refractivity contribution is 6.32. The lowest BCUT2D eigenvalue weighted by molar-refractivity contribution is 0.281. The van der Waals surface area contributed by atoms with Crippen molar-refractivity contribution in [3.05, 3.63) is 63.6 Å². The van der Waals surface area contributed by atoms with Crippen LogP contribution in [-0.2, 0) is 13.2 Å². The van der Waals surface area contributed by atoms with Gasteiger partial charge < -0.3 is 9.84 Å². The first-order valence-electron chi connectivity index (χ1n) is 5.45. The zero-order chi connectivity index (χ0) is 13.0. The number of hydrogen-bond acceptors (Lipinski definition) is 2. The molecule has 0 bridgehead atoms. The van der Waals surface area contributed by atoms with Crippen LogP contribution in [0.4, 0.5) is 0 Å². The summed E-state index contributed by atoms with van der Waals surface area (Å²) in [7, 11) is 0. The summed E-state index contributed by atoms with van der Waals surface area (Å²) < 4.78 is 5.61. The van der Waals surface area contributed by atoms with Crippen LogP contribution in [0.3, 0.4) is 0 Å². The molecule has 0 saturated heterocycles. The van der Waals surface area contributed by atoms with Crippen LogP contribution >= 0.6 is 23.2 Å². The largest absolute Gasteiger partial charge is 0.487 e. The fourth-order valence-electron chi connectivity index (χ4n) is 1.50. The molecule has 0 spiro atoms. The highest BCUT2D eigenvalue weighted by Crippen LogP contribution is 2.26. The third-order valence-corrected chi connectivity index (χ3v) is 3.03. The second-order valence-electron chi connectivity index (χ2n) is 3.84. The smallest absolute Gasteiger partial charge is 0.138 e. The molecule has 0 heterocycles. The molecule has 0 saturated carbocycles. The molecule has 94 valence electrons. The Hall–Kier alpha value is -1.22. The molecule has 0 atom stereocenters. The van der Waals surface area contributed by atoms with Crippen LogP contribution in [-0.4, -0.2) is 5.11 Å². The van der Waals surface area contributed by atoms with E-state index in [4.69, 9.17) is 33.0 Å². The van der Waals surface area contributed by atoms with Gasteiger partial charge in [-0.15, -0.1) is 0 Å². The van der Waals surface area contributed by atoms with Crippen molar-refractivity contribution in [1.82, 2.24) is 0 Å². The van der Waals surface area contributed by atoms with Crippen LogP contribution < -0.4 is 4.74 Å². The van der Waals surface area contributed by atoms with Crippen LogP contribution in [0.15, 0.2) is 42.5 Å². The summed E-state index contributed by atoms with van der Waals surface area (Å²) in [5.41, 5.74) is 1.78. The molecule has 2 nitrogen and oxygen atoms in total. The van der Waals surface area contributed by atoms with Gasteiger partial charge in [-0.25, -0.2) is 0 Å². The van der Waals surface area contributed by atoms with Crippen molar-refractivity contribution >= 4 is 23.2 Å². The van der Waals surface area contributed by atoms with E-state index in [0.29, 0.717) is 22.4 Å². The average molecular weight is 283 g/mol. The standard InChI is InChI=1S/C14H12Cl2O2/c15-12-4-1-10(2-5-12)9-18-14-6-3-11(8-17)7-13(14)16/h1-7,17H,8-9H2. The van der Waals surface area contributed by atoms with E-state index in [1.165, 1.54) is 0 Å². The molecule has 18 heavy (non-hydrogen) atoms. The molecule has 2 aromatic rings. The van der Waals surface area contributed by atoms with Gasteiger partial charge in [0.05, 0.1) is 11.6 Å². The van der Waals surface area contributed by atoms with Crippen molar-refractivity contribution in [3.63, 3.8) is 0 Å². The van der Waals surface area contributed by atoms with Crippen molar-refractivity contribution in [2.75, 3.05) is 0 Å². The Labute approximate surface area is 116 Å². The van der Waals surface area contributed by atoms with E-state index in [0.717, 1.165) is 11.1 Å². The van der Waals surface area contributed by atoms with Crippen LogP contribution in [0.25, 0.3) is 0 Å². The number of benzene rings is 2. The molecule has 0 amide bonds. The Morgan fingerprint density at radius 1 is 0.944 bits per heavy atom. The second-order valence-corrected chi connectivity index (χ2v) is 4.68. The zero-order valence-electron chi connectivity index (χ0n) is 9.57. The minimum Gasteiger partial charge on any atom is -0.487 e. The van der Waals surface area contributed by atoms with Gasteiger partial charge in [-0.2, -0.15) is 0 Å². The number of aliphatic hydroxyl groups excluding tert-OH is 1. The van der Waals surface area contributed by atoms with Crippen LogP contribution in [0.2, 0.25) is 10.0 Å². The van der Waals surface area contributed by atoms with Gasteiger partial charge in [0.25, 0.3) is 0 Å². The second kappa shape index (κ2) is 6.10. The topological polar surface area (TPSA) is 29.5 Å². The molecule has 0 fully saturated rings. The van der Waals surface area contributed by atoms with Gasteiger partial charge >= 0.3 is 0 Å². The number of ether oxygens (including phenoxy) is 1. The molecule has 0 unspecified atom stereocenters. The maximum atomic E-state index is 8.97. The molecule has 0 aromatic heterocycles. The van der Waals surface area contributed by atoms with Gasteiger partial charge in [0, 0.05) is 5.02 Å². The first-order valence-corrected chi connectivity index (χ1v) is 6.21. The summed E-state index contributed by atoms with van der Waals surface area (Å²) in [5.74, 6) is 0.601. The van der Waals surface area contributed by atoms with Crippen molar-refractivity contribution in [2.45, 2.75) is 13.2 Å². The van der Waals surface area contributed by atoms with E-state index in [1.807, 2.05) is 24.3 Å². The van der Waals surface area contributed by atoms with E-state index in [1.54, 1.807) is 18.2 Å². The first kappa shape index (κ1) is 13.2. The summed E-state index contributed by atoms with van der Waals surface area (Å²) in [6, 6.07) is 12.7. The Bertz CT molecular complexity index is 524. The number of aliphatic hydroxyl groups is 1. The molecule has 1 N–H and O–H groups in total. The van der Waals surface area contributed by atoms with Gasteiger partial charge in [-0.05, 0) is 35.4 Å². The monoisotopic (exact) mass is 282 g/mol. The van der Waals surface area contributed by atoms with Gasteiger partial charge in [-0.1, -0.05) is 41.4 Å². The molecular weight excluding hydrogens is 271 g/mol. The fraction of sp³-hybridized carbons (Fsp3) is 0.143. The van der Waals surface area contributed by atoms with E-state index in [-0.39, 0.29) is 6.61 Å². The van der Waals surface area contributed by atoms with Crippen LogP contribution in [0, 0.1) is 0 Å². The third-order valence-electron chi connectivity index (χ3n) is 2.49. The summed E-state index contributed by atoms with van der Waals surface area (Å²) in [6.45, 7) is 0.395. The maximum absolute atomic E-state index is 8.97. The number of rotatable bonds is 4. The third kappa shape index (κ3) is 3.39. The predicted molar refractivity (Wildman–Crippen MR) is 73.2 cm³/mol. The van der Waals surface area contributed by atoms with E-state index in [9.17, 15) is 0 Å². The molecule has 0 aliphatic heterocycles. The lowest BCUT2D eigenvalue weighted by Gasteiger charge is -2.09. The van der Waals surface area contributed by atoms with Gasteiger partial charge in [0.2, 0.25) is 0 Å². The highest BCUT2D eigenvalue weighted by atomic mass is 35.5. The Kier molecular flexibility index (Phi) is 4.48. The molecule has 2 rings (SSSR count). The number of halogens is 2.